The Labute approximate surface area is 180 Å². The molecule has 1 aliphatic carbocycles. The number of aromatic nitrogens is 2. The molecule has 162 valence electrons. The van der Waals surface area contributed by atoms with Crippen molar-refractivity contribution in [2.24, 2.45) is 4.99 Å². The highest BCUT2D eigenvalue weighted by Gasteiger charge is 2.41. The summed E-state index contributed by atoms with van der Waals surface area (Å²) >= 11 is 0. The number of amidine groups is 1. The molecule has 1 N–H and O–H groups in total. The molecule has 31 heavy (non-hydrogen) atoms. The molecule has 3 aliphatic rings. The maximum absolute atomic E-state index is 13.3. The molecule has 0 saturated heterocycles. The molecule has 1 saturated carbocycles. The molecule has 0 spiro atoms. The molecule has 0 radical (unpaired) electrons. The van der Waals surface area contributed by atoms with Crippen molar-refractivity contribution in [1.29, 1.82) is 0 Å². The number of nitrogens with zero attached hydrogens (tertiary/aromatic N) is 5. The van der Waals surface area contributed by atoms with Crippen LogP contribution in [0.2, 0.25) is 0 Å². The first-order valence-electron chi connectivity index (χ1n) is 10.8. The zero-order valence-electron chi connectivity index (χ0n) is 17.6. The molecule has 2 aliphatic heterocycles. The molecule has 0 bridgehead atoms. The molecule has 1 fully saturated rings. The summed E-state index contributed by atoms with van der Waals surface area (Å²) in [6, 6.07) is 7.38. The second kappa shape index (κ2) is 8.05. The molecule has 3 amide bonds. The number of ether oxygens (including phenoxy) is 1. The Morgan fingerprint density at radius 1 is 1.19 bits per heavy atom. The van der Waals surface area contributed by atoms with E-state index in [4.69, 9.17) is 4.74 Å². The van der Waals surface area contributed by atoms with Crippen LogP contribution in [0.5, 0.6) is 5.75 Å². The SMILES string of the molecule is COc1ccc(-n2ncc3c2N(CC(=O)NC2CCCCC2)C(=O)N2CCN=C32)cc1. The molecular weight excluding hydrogens is 396 g/mol. The third kappa shape index (κ3) is 3.54. The Bertz CT molecular complexity index is 1020. The van der Waals surface area contributed by atoms with Crippen LogP contribution in [0.3, 0.4) is 0 Å². The van der Waals surface area contributed by atoms with Gasteiger partial charge in [-0.15, -0.1) is 0 Å². The lowest BCUT2D eigenvalue weighted by Gasteiger charge is -2.34. The summed E-state index contributed by atoms with van der Waals surface area (Å²) in [4.78, 5) is 33.9. The molecular formula is C22H26N6O3. The van der Waals surface area contributed by atoms with E-state index in [0.717, 1.165) is 42.7 Å². The van der Waals surface area contributed by atoms with Crippen LogP contribution in [0.1, 0.15) is 37.7 Å². The summed E-state index contributed by atoms with van der Waals surface area (Å²) in [5, 5.41) is 7.65. The van der Waals surface area contributed by atoms with Gasteiger partial charge in [0.05, 0.1) is 31.1 Å². The quantitative estimate of drug-likeness (QED) is 0.801. The van der Waals surface area contributed by atoms with Gasteiger partial charge in [0.2, 0.25) is 5.91 Å². The van der Waals surface area contributed by atoms with Crippen LogP contribution in [0.4, 0.5) is 10.6 Å². The van der Waals surface area contributed by atoms with Crippen LogP contribution in [-0.4, -0.2) is 65.2 Å². The standard InChI is InChI=1S/C22H26N6O3/c1-31-17-9-7-16(8-10-17)28-21-18(13-24-28)20-23-11-12-26(20)22(30)27(21)14-19(29)25-15-5-3-2-4-6-15/h7-10,13,15H,2-6,11-12,14H2,1H3,(H,25,29). The number of methoxy groups -OCH3 is 1. The van der Waals surface area contributed by atoms with Crippen molar-refractivity contribution < 1.29 is 14.3 Å². The summed E-state index contributed by atoms with van der Waals surface area (Å²) in [6.07, 6.45) is 7.20. The molecule has 5 rings (SSSR count). The molecule has 3 heterocycles. The van der Waals surface area contributed by atoms with Gasteiger partial charge in [-0.2, -0.15) is 5.10 Å². The lowest BCUT2D eigenvalue weighted by atomic mass is 9.95. The number of hydrogen-bond acceptors (Lipinski definition) is 5. The number of anilines is 1. The highest BCUT2D eigenvalue weighted by molar-refractivity contribution is 6.20. The van der Waals surface area contributed by atoms with E-state index in [1.54, 1.807) is 22.9 Å². The first kappa shape index (κ1) is 19.6. The number of hydrogen-bond donors (Lipinski definition) is 1. The van der Waals surface area contributed by atoms with E-state index >= 15 is 0 Å². The predicted octanol–water partition coefficient (Wildman–Crippen LogP) is 2.33. The van der Waals surface area contributed by atoms with Gasteiger partial charge in [0.25, 0.3) is 0 Å². The maximum atomic E-state index is 13.3. The number of nitrogens with one attached hydrogen (secondary N) is 1. The fourth-order valence-corrected chi connectivity index (χ4v) is 4.58. The van der Waals surface area contributed by atoms with E-state index in [1.807, 2.05) is 24.3 Å². The Hall–Kier alpha value is -3.36. The van der Waals surface area contributed by atoms with Crippen LogP contribution in [0.15, 0.2) is 35.5 Å². The zero-order valence-corrected chi connectivity index (χ0v) is 17.6. The van der Waals surface area contributed by atoms with Gasteiger partial charge >= 0.3 is 6.03 Å². The van der Waals surface area contributed by atoms with E-state index in [0.29, 0.717) is 24.7 Å². The van der Waals surface area contributed by atoms with Crippen molar-refractivity contribution in [2.45, 2.75) is 38.1 Å². The summed E-state index contributed by atoms with van der Waals surface area (Å²) in [7, 11) is 1.61. The molecule has 0 unspecified atom stereocenters. The minimum Gasteiger partial charge on any atom is -0.497 e. The van der Waals surface area contributed by atoms with Gasteiger partial charge in [-0.1, -0.05) is 19.3 Å². The number of aliphatic imine (C=N–C) groups is 1. The average Bonchev–Trinajstić information content (AvgIpc) is 3.45. The Balaban J connectivity index is 1.48. The first-order valence-corrected chi connectivity index (χ1v) is 10.8. The topological polar surface area (TPSA) is 92.1 Å². The monoisotopic (exact) mass is 422 g/mol. The van der Waals surface area contributed by atoms with Crippen LogP contribution in [0, 0.1) is 0 Å². The Kier molecular flexibility index (Phi) is 5.09. The molecule has 1 aromatic heterocycles. The minimum atomic E-state index is -0.238. The van der Waals surface area contributed by atoms with Crippen molar-refractivity contribution in [3.63, 3.8) is 0 Å². The Morgan fingerprint density at radius 2 is 1.97 bits per heavy atom. The van der Waals surface area contributed by atoms with Crippen LogP contribution in [0.25, 0.3) is 5.69 Å². The second-order valence-corrected chi connectivity index (χ2v) is 8.12. The van der Waals surface area contributed by atoms with Gasteiger partial charge in [-0.25, -0.2) is 9.48 Å². The van der Waals surface area contributed by atoms with Crippen molar-refractivity contribution in [3.05, 3.63) is 36.0 Å². The second-order valence-electron chi connectivity index (χ2n) is 8.12. The summed E-state index contributed by atoms with van der Waals surface area (Å²) in [5.41, 5.74) is 1.54. The van der Waals surface area contributed by atoms with E-state index in [2.05, 4.69) is 15.4 Å². The number of urea groups is 1. The van der Waals surface area contributed by atoms with Crippen LogP contribution < -0.4 is 15.0 Å². The van der Waals surface area contributed by atoms with Crippen LogP contribution >= 0.6 is 0 Å². The van der Waals surface area contributed by atoms with Crippen molar-refractivity contribution in [2.75, 3.05) is 31.6 Å². The van der Waals surface area contributed by atoms with E-state index in [-0.39, 0.29) is 24.5 Å². The minimum absolute atomic E-state index is 0.0477. The van der Waals surface area contributed by atoms with Crippen molar-refractivity contribution in [3.8, 4) is 11.4 Å². The molecule has 9 heteroatoms. The zero-order chi connectivity index (χ0) is 21.4. The van der Waals surface area contributed by atoms with Gasteiger partial charge in [0.1, 0.15) is 18.1 Å². The van der Waals surface area contributed by atoms with E-state index in [1.165, 1.54) is 11.3 Å². The predicted molar refractivity (Wildman–Crippen MR) is 116 cm³/mol. The molecule has 0 atom stereocenters. The van der Waals surface area contributed by atoms with Crippen molar-refractivity contribution in [1.82, 2.24) is 20.0 Å². The normalized spacial score (nSPS) is 18.5. The van der Waals surface area contributed by atoms with Gasteiger partial charge < -0.3 is 10.1 Å². The van der Waals surface area contributed by atoms with Gasteiger partial charge in [0.15, 0.2) is 5.82 Å². The molecule has 1 aromatic carbocycles. The van der Waals surface area contributed by atoms with Gasteiger partial charge in [-0.05, 0) is 37.1 Å². The van der Waals surface area contributed by atoms with Gasteiger partial charge in [-0.3, -0.25) is 19.6 Å². The van der Waals surface area contributed by atoms with E-state index in [9.17, 15) is 9.59 Å². The fraction of sp³-hybridized carbons (Fsp3) is 0.455. The number of fused-ring (bicyclic) bond motifs is 3. The summed E-state index contributed by atoms with van der Waals surface area (Å²) in [6.45, 7) is 1.02. The summed E-state index contributed by atoms with van der Waals surface area (Å²) < 4.78 is 6.94. The fourth-order valence-electron chi connectivity index (χ4n) is 4.58. The summed E-state index contributed by atoms with van der Waals surface area (Å²) in [5.74, 6) is 1.79. The third-order valence-corrected chi connectivity index (χ3v) is 6.13. The smallest absolute Gasteiger partial charge is 0.331 e. The van der Waals surface area contributed by atoms with Crippen molar-refractivity contribution >= 4 is 23.6 Å². The number of rotatable bonds is 5. The third-order valence-electron chi connectivity index (χ3n) is 6.13. The highest BCUT2D eigenvalue weighted by atomic mass is 16.5. The largest absolute Gasteiger partial charge is 0.497 e. The average molecular weight is 422 g/mol. The van der Waals surface area contributed by atoms with Crippen LogP contribution in [-0.2, 0) is 4.79 Å². The van der Waals surface area contributed by atoms with Gasteiger partial charge in [0, 0.05) is 12.6 Å². The molecule has 2 aromatic rings. The molecule has 9 nitrogen and oxygen atoms in total. The lowest BCUT2D eigenvalue weighted by molar-refractivity contribution is -0.120. The lowest BCUT2D eigenvalue weighted by Crippen LogP contribution is -2.54. The van der Waals surface area contributed by atoms with E-state index < -0.39 is 0 Å². The number of carbonyl (C=O) groups excluding carboxylic acids is 2. The number of carbonyl (C=O) groups is 2. The maximum Gasteiger partial charge on any atom is 0.331 e. The number of benzene rings is 1. The Morgan fingerprint density at radius 3 is 2.71 bits per heavy atom. The first-order chi connectivity index (χ1) is 15.2. The number of amides is 3. The highest BCUT2D eigenvalue weighted by Crippen LogP contribution is 2.33.